The molecule has 138 valence electrons. The first-order valence-corrected chi connectivity index (χ1v) is 11.3. The highest BCUT2D eigenvalue weighted by atomic mass is 32.2. The Hall–Kier alpha value is -2.42. The molecular formula is C19H16N2O3S3. The van der Waals surface area contributed by atoms with Crippen LogP contribution in [0.2, 0.25) is 0 Å². The molecule has 1 heterocycles. The van der Waals surface area contributed by atoms with Crippen LogP contribution in [0.1, 0.15) is 15.2 Å². The summed E-state index contributed by atoms with van der Waals surface area (Å²) in [5.41, 5.74) is 7.33. The largest absolute Gasteiger partial charge is 0.383 e. The zero-order valence-corrected chi connectivity index (χ0v) is 16.7. The maximum absolute atomic E-state index is 13.2. The molecule has 8 heteroatoms. The van der Waals surface area contributed by atoms with Gasteiger partial charge in [0, 0.05) is 5.56 Å². The van der Waals surface area contributed by atoms with Crippen molar-refractivity contribution >= 4 is 45.1 Å². The third-order valence-electron chi connectivity index (χ3n) is 3.95. The quantitative estimate of drug-likeness (QED) is 0.273. The number of nitrogens with two attached hydrogens (primary N) is 1. The van der Waals surface area contributed by atoms with Crippen molar-refractivity contribution in [2.75, 3.05) is 6.26 Å². The molecule has 0 atom stereocenters. The van der Waals surface area contributed by atoms with Crippen LogP contribution < -0.4 is 5.73 Å². The van der Waals surface area contributed by atoms with Crippen molar-refractivity contribution in [3.63, 3.8) is 0 Å². The number of benzene rings is 2. The van der Waals surface area contributed by atoms with E-state index in [1.165, 1.54) is 35.2 Å². The van der Waals surface area contributed by atoms with Crippen molar-refractivity contribution in [2.45, 2.75) is 14.0 Å². The molecule has 2 aromatic carbocycles. The SMILES string of the molecule is CSc1sc(C(=N)N)cc1S(=O)(=O)c1cccc(-c2ccccc2C=O)c1. The first-order chi connectivity index (χ1) is 12.9. The number of rotatable bonds is 6. The van der Waals surface area contributed by atoms with Gasteiger partial charge >= 0.3 is 0 Å². The zero-order chi connectivity index (χ0) is 19.6. The Morgan fingerprint density at radius 3 is 2.56 bits per heavy atom. The van der Waals surface area contributed by atoms with Crippen molar-refractivity contribution in [1.82, 2.24) is 0 Å². The van der Waals surface area contributed by atoms with Gasteiger partial charge in [0.2, 0.25) is 9.84 Å². The summed E-state index contributed by atoms with van der Waals surface area (Å²) in [4.78, 5) is 12.0. The molecule has 0 radical (unpaired) electrons. The molecule has 0 unspecified atom stereocenters. The number of amidine groups is 1. The molecule has 3 aromatic rings. The highest BCUT2D eigenvalue weighted by molar-refractivity contribution is 8.01. The lowest BCUT2D eigenvalue weighted by atomic mass is 10.0. The van der Waals surface area contributed by atoms with Gasteiger partial charge in [0.05, 0.1) is 18.9 Å². The molecule has 0 amide bonds. The molecule has 0 bridgehead atoms. The van der Waals surface area contributed by atoms with E-state index in [2.05, 4.69) is 0 Å². The molecular weight excluding hydrogens is 400 g/mol. The van der Waals surface area contributed by atoms with Crippen LogP contribution in [0.25, 0.3) is 11.1 Å². The standard InChI is InChI=1S/C19H16N2O3S3/c1-25-19-17(10-16(26-19)18(20)21)27(23,24)14-7-4-6-12(9-14)15-8-3-2-5-13(15)11-22/h2-11H,1H3,(H3,20,21). The summed E-state index contributed by atoms with van der Waals surface area (Å²) in [6.07, 6.45) is 2.53. The van der Waals surface area contributed by atoms with E-state index in [0.29, 0.717) is 25.8 Å². The topological polar surface area (TPSA) is 101 Å². The van der Waals surface area contributed by atoms with Gasteiger partial charge < -0.3 is 5.73 Å². The molecule has 3 rings (SSSR count). The van der Waals surface area contributed by atoms with Crippen molar-refractivity contribution < 1.29 is 13.2 Å². The average molecular weight is 417 g/mol. The monoisotopic (exact) mass is 416 g/mol. The second kappa shape index (κ2) is 7.67. The van der Waals surface area contributed by atoms with E-state index in [0.717, 1.165) is 6.29 Å². The van der Waals surface area contributed by atoms with Crippen LogP contribution in [0.4, 0.5) is 0 Å². The Morgan fingerprint density at radius 2 is 1.89 bits per heavy atom. The number of thioether (sulfide) groups is 1. The summed E-state index contributed by atoms with van der Waals surface area (Å²) in [7, 11) is -3.80. The maximum Gasteiger partial charge on any atom is 0.208 e. The third kappa shape index (κ3) is 3.69. The lowest BCUT2D eigenvalue weighted by Crippen LogP contribution is -2.08. The van der Waals surface area contributed by atoms with Gasteiger partial charge in [-0.05, 0) is 35.6 Å². The summed E-state index contributed by atoms with van der Waals surface area (Å²) in [6.45, 7) is 0. The first-order valence-electron chi connectivity index (χ1n) is 7.80. The zero-order valence-electron chi connectivity index (χ0n) is 14.3. The van der Waals surface area contributed by atoms with Crippen LogP contribution in [-0.4, -0.2) is 26.8 Å². The van der Waals surface area contributed by atoms with Crippen molar-refractivity contribution in [3.05, 3.63) is 65.0 Å². The fraction of sp³-hybridized carbons (Fsp3) is 0.0526. The fourth-order valence-corrected chi connectivity index (χ4v) is 6.54. The third-order valence-corrected chi connectivity index (χ3v) is 8.29. The van der Waals surface area contributed by atoms with Gasteiger partial charge in [0.25, 0.3) is 0 Å². The predicted molar refractivity (Wildman–Crippen MR) is 110 cm³/mol. The van der Waals surface area contributed by atoms with E-state index >= 15 is 0 Å². The molecule has 0 fully saturated rings. The van der Waals surface area contributed by atoms with Gasteiger partial charge in [-0.25, -0.2) is 8.42 Å². The van der Waals surface area contributed by atoms with Crippen LogP contribution in [0.5, 0.6) is 0 Å². The summed E-state index contributed by atoms with van der Waals surface area (Å²) < 4.78 is 27.0. The summed E-state index contributed by atoms with van der Waals surface area (Å²) >= 11 is 2.49. The Kier molecular flexibility index (Phi) is 5.50. The lowest BCUT2D eigenvalue weighted by molar-refractivity contribution is 0.112. The maximum atomic E-state index is 13.2. The molecule has 0 aliphatic rings. The molecule has 0 aliphatic heterocycles. The minimum Gasteiger partial charge on any atom is -0.383 e. The van der Waals surface area contributed by atoms with Gasteiger partial charge in [0.15, 0.2) is 6.29 Å². The van der Waals surface area contributed by atoms with E-state index in [4.69, 9.17) is 11.1 Å². The van der Waals surface area contributed by atoms with Gasteiger partial charge in [-0.15, -0.1) is 23.1 Å². The van der Waals surface area contributed by atoms with Gasteiger partial charge in [-0.3, -0.25) is 10.2 Å². The minimum atomic E-state index is -3.80. The molecule has 0 aliphatic carbocycles. The highest BCUT2D eigenvalue weighted by Crippen LogP contribution is 2.37. The number of nitrogen functional groups attached to an aromatic ring is 1. The van der Waals surface area contributed by atoms with Gasteiger partial charge in [-0.2, -0.15) is 0 Å². The van der Waals surface area contributed by atoms with Gasteiger partial charge in [-0.1, -0.05) is 36.4 Å². The van der Waals surface area contributed by atoms with Crippen LogP contribution in [0.3, 0.4) is 0 Å². The average Bonchev–Trinajstić information content (AvgIpc) is 3.14. The normalized spacial score (nSPS) is 11.3. The molecule has 27 heavy (non-hydrogen) atoms. The van der Waals surface area contributed by atoms with Crippen molar-refractivity contribution in [3.8, 4) is 11.1 Å². The van der Waals surface area contributed by atoms with E-state index in [1.54, 1.807) is 48.7 Å². The van der Waals surface area contributed by atoms with E-state index in [9.17, 15) is 13.2 Å². The lowest BCUT2D eigenvalue weighted by Gasteiger charge is -2.09. The van der Waals surface area contributed by atoms with Crippen molar-refractivity contribution in [2.24, 2.45) is 5.73 Å². The molecule has 0 saturated carbocycles. The van der Waals surface area contributed by atoms with Crippen molar-refractivity contribution in [1.29, 1.82) is 5.41 Å². The second-order valence-electron chi connectivity index (χ2n) is 5.62. The summed E-state index contributed by atoms with van der Waals surface area (Å²) in [6, 6.07) is 15.0. The van der Waals surface area contributed by atoms with E-state index < -0.39 is 9.84 Å². The predicted octanol–water partition coefficient (Wildman–Crippen LogP) is 4.07. The number of sulfone groups is 1. The Balaban J connectivity index is 2.14. The fourth-order valence-electron chi connectivity index (χ4n) is 2.64. The molecule has 5 nitrogen and oxygen atoms in total. The van der Waals surface area contributed by atoms with Crippen LogP contribution >= 0.6 is 23.1 Å². The highest BCUT2D eigenvalue weighted by Gasteiger charge is 2.25. The Labute approximate surface area is 165 Å². The number of hydrogen-bond donors (Lipinski definition) is 2. The first kappa shape index (κ1) is 19.3. The minimum absolute atomic E-state index is 0.129. The van der Waals surface area contributed by atoms with Crippen LogP contribution in [0, 0.1) is 5.41 Å². The number of carbonyl (C=O) groups is 1. The van der Waals surface area contributed by atoms with Crippen LogP contribution in [-0.2, 0) is 9.84 Å². The molecule has 3 N–H and O–H groups in total. The Morgan fingerprint density at radius 1 is 1.15 bits per heavy atom. The smallest absolute Gasteiger partial charge is 0.208 e. The number of thiophene rings is 1. The van der Waals surface area contributed by atoms with Crippen LogP contribution in [0.15, 0.2) is 68.6 Å². The number of aldehydes is 1. The summed E-state index contributed by atoms with van der Waals surface area (Å²) in [5.74, 6) is -0.162. The Bertz CT molecular complexity index is 1130. The van der Waals surface area contributed by atoms with Gasteiger partial charge in [0.1, 0.15) is 5.84 Å². The molecule has 0 saturated heterocycles. The van der Waals surface area contributed by atoms with E-state index in [-0.39, 0.29) is 15.6 Å². The number of nitrogens with one attached hydrogen (secondary N) is 1. The number of carbonyl (C=O) groups excluding carboxylic acids is 1. The molecule has 1 aromatic heterocycles. The molecule has 0 spiro atoms. The van der Waals surface area contributed by atoms with E-state index in [1.807, 2.05) is 0 Å². The number of hydrogen-bond acceptors (Lipinski definition) is 6. The summed E-state index contributed by atoms with van der Waals surface area (Å²) in [5, 5.41) is 7.57. The second-order valence-corrected chi connectivity index (χ2v) is 9.66.